The molecule has 1 atom stereocenters. The molecule has 1 aliphatic heterocycles. The third kappa shape index (κ3) is 2.96. The molecule has 3 nitrogen and oxygen atoms in total. The molecule has 4 heteroatoms. The summed E-state index contributed by atoms with van der Waals surface area (Å²) in [4.78, 5) is 8.44. The summed E-state index contributed by atoms with van der Waals surface area (Å²) in [7, 11) is 0. The number of nitrogens with one attached hydrogen (secondary N) is 1. The van der Waals surface area contributed by atoms with Crippen molar-refractivity contribution in [2.24, 2.45) is 4.99 Å². The zero-order valence-corrected chi connectivity index (χ0v) is 9.63. The number of aliphatic imine (C=N–C) groups is 1. The summed E-state index contributed by atoms with van der Waals surface area (Å²) >= 11 is 1.85. The van der Waals surface area contributed by atoms with Crippen LogP contribution in [0, 0.1) is 0 Å². The van der Waals surface area contributed by atoms with E-state index in [2.05, 4.69) is 22.2 Å². The van der Waals surface area contributed by atoms with Gasteiger partial charge in [0.05, 0.1) is 6.54 Å². The van der Waals surface area contributed by atoms with Gasteiger partial charge in [-0.05, 0) is 24.1 Å². The van der Waals surface area contributed by atoms with Gasteiger partial charge in [0, 0.05) is 24.2 Å². The lowest BCUT2D eigenvalue weighted by molar-refractivity contribution is 0.839. The summed E-state index contributed by atoms with van der Waals surface area (Å²) in [6.45, 7) is 4.00. The topological polar surface area (TPSA) is 37.3 Å². The highest BCUT2D eigenvalue weighted by Crippen LogP contribution is 2.22. The Morgan fingerprint density at radius 1 is 1.47 bits per heavy atom. The van der Waals surface area contributed by atoms with Gasteiger partial charge in [-0.15, -0.1) is 0 Å². The predicted molar refractivity (Wildman–Crippen MR) is 65.0 cm³/mol. The molecule has 1 aliphatic rings. The lowest BCUT2D eigenvalue weighted by atomic mass is 10.3. The number of hydrogen-bond donors (Lipinski definition) is 1. The van der Waals surface area contributed by atoms with Gasteiger partial charge in [-0.25, -0.2) is 0 Å². The Kier molecular flexibility index (Phi) is 3.61. The first kappa shape index (κ1) is 10.5. The molecule has 1 N–H and O–H groups in total. The van der Waals surface area contributed by atoms with E-state index in [4.69, 9.17) is 0 Å². The Labute approximate surface area is 94.4 Å². The number of aromatic nitrogens is 1. The molecule has 1 aromatic rings. The van der Waals surface area contributed by atoms with Crippen LogP contribution in [0.3, 0.4) is 0 Å². The summed E-state index contributed by atoms with van der Waals surface area (Å²) in [5.41, 5.74) is 1.24. The SMILES string of the molecule is CCC1CN=C(NCc2ccncc2)S1. The van der Waals surface area contributed by atoms with Crippen molar-refractivity contribution in [3.63, 3.8) is 0 Å². The first-order valence-electron chi connectivity index (χ1n) is 5.22. The highest BCUT2D eigenvalue weighted by Gasteiger charge is 2.16. The molecule has 1 unspecified atom stereocenters. The Balaban J connectivity index is 1.80. The van der Waals surface area contributed by atoms with Gasteiger partial charge in [0.2, 0.25) is 0 Å². The maximum Gasteiger partial charge on any atom is 0.157 e. The van der Waals surface area contributed by atoms with Gasteiger partial charge in [-0.2, -0.15) is 0 Å². The monoisotopic (exact) mass is 221 g/mol. The smallest absolute Gasteiger partial charge is 0.157 e. The Morgan fingerprint density at radius 2 is 2.27 bits per heavy atom. The highest BCUT2D eigenvalue weighted by molar-refractivity contribution is 8.14. The molecule has 0 aliphatic carbocycles. The van der Waals surface area contributed by atoms with Gasteiger partial charge < -0.3 is 5.32 Å². The summed E-state index contributed by atoms with van der Waals surface area (Å²) in [5.74, 6) is 0. The first-order valence-corrected chi connectivity index (χ1v) is 6.10. The van der Waals surface area contributed by atoms with Gasteiger partial charge in [0.1, 0.15) is 0 Å². The molecule has 0 bridgehead atoms. The van der Waals surface area contributed by atoms with Gasteiger partial charge >= 0.3 is 0 Å². The van der Waals surface area contributed by atoms with Crippen LogP contribution in [0.25, 0.3) is 0 Å². The van der Waals surface area contributed by atoms with E-state index < -0.39 is 0 Å². The maximum atomic E-state index is 4.46. The van der Waals surface area contributed by atoms with Crippen molar-refractivity contribution in [1.29, 1.82) is 0 Å². The molecular weight excluding hydrogens is 206 g/mol. The second-order valence-electron chi connectivity index (χ2n) is 3.50. The van der Waals surface area contributed by atoms with Crippen LogP contribution in [0.1, 0.15) is 18.9 Å². The second kappa shape index (κ2) is 5.16. The van der Waals surface area contributed by atoms with E-state index in [0.717, 1.165) is 18.3 Å². The van der Waals surface area contributed by atoms with Crippen molar-refractivity contribution < 1.29 is 0 Å². The normalized spacial score (nSPS) is 20.1. The molecule has 0 spiro atoms. The zero-order valence-electron chi connectivity index (χ0n) is 8.81. The number of nitrogens with zero attached hydrogens (tertiary/aromatic N) is 2. The van der Waals surface area contributed by atoms with Crippen LogP contribution in [0.15, 0.2) is 29.5 Å². The first-order chi connectivity index (χ1) is 7.38. The standard InChI is InChI=1S/C11H15N3S/c1-2-10-8-14-11(15-10)13-7-9-3-5-12-6-4-9/h3-6,10H,2,7-8H2,1H3,(H,13,14). The van der Waals surface area contributed by atoms with E-state index in [1.807, 2.05) is 36.3 Å². The molecule has 0 radical (unpaired) electrons. The summed E-state index contributed by atoms with van der Waals surface area (Å²) < 4.78 is 0. The van der Waals surface area contributed by atoms with Crippen molar-refractivity contribution in [3.8, 4) is 0 Å². The van der Waals surface area contributed by atoms with Crippen LogP contribution in [0.5, 0.6) is 0 Å². The van der Waals surface area contributed by atoms with E-state index in [0.29, 0.717) is 5.25 Å². The van der Waals surface area contributed by atoms with E-state index in [1.165, 1.54) is 12.0 Å². The Hall–Kier alpha value is -1.03. The van der Waals surface area contributed by atoms with Crippen LogP contribution in [0.2, 0.25) is 0 Å². The van der Waals surface area contributed by atoms with Crippen molar-refractivity contribution >= 4 is 16.9 Å². The van der Waals surface area contributed by atoms with Crippen LogP contribution in [0.4, 0.5) is 0 Å². The largest absolute Gasteiger partial charge is 0.361 e. The van der Waals surface area contributed by atoms with Crippen LogP contribution in [-0.2, 0) is 6.54 Å². The fourth-order valence-electron chi connectivity index (χ4n) is 1.41. The quantitative estimate of drug-likeness (QED) is 0.849. The third-order valence-electron chi connectivity index (χ3n) is 2.37. The molecule has 1 aromatic heterocycles. The van der Waals surface area contributed by atoms with Gasteiger partial charge in [0.25, 0.3) is 0 Å². The predicted octanol–water partition coefficient (Wildman–Crippen LogP) is 2.05. The molecule has 0 aromatic carbocycles. The Morgan fingerprint density at radius 3 is 2.93 bits per heavy atom. The molecule has 0 saturated heterocycles. The molecule has 0 amide bonds. The average molecular weight is 221 g/mol. The molecule has 80 valence electrons. The van der Waals surface area contributed by atoms with Crippen molar-refractivity contribution in [2.75, 3.05) is 6.54 Å². The third-order valence-corrected chi connectivity index (χ3v) is 3.68. The van der Waals surface area contributed by atoms with Gasteiger partial charge in [-0.1, -0.05) is 18.7 Å². The minimum atomic E-state index is 0.671. The molecular formula is C11H15N3S. The molecule has 15 heavy (non-hydrogen) atoms. The summed E-state index contributed by atoms with van der Waals surface area (Å²) in [6.07, 6.45) is 4.82. The number of amidine groups is 1. The number of hydrogen-bond acceptors (Lipinski definition) is 4. The van der Waals surface area contributed by atoms with E-state index >= 15 is 0 Å². The minimum absolute atomic E-state index is 0.671. The highest BCUT2D eigenvalue weighted by atomic mass is 32.2. The second-order valence-corrected chi connectivity index (χ2v) is 4.79. The molecule has 2 rings (SSSR count). The summed E-state index contributed by atoms with van der Waals surface area (Å²) in [5, 5.41) is 5.10. The maximum absolute atomic E-state index is 4.46. The zero-order chi connectivity index (χ0) is 10.5. The fraction of sp³-hybridized carbons (Fsp3) is 0.455. The van der Waals surface area contributed by atoms with Gasteiger partial charge in [-0.3, -0.25) is 9.98 Å². The van der Waals surface area contributed by atoms with Crippen molar-refractivity contribution in [1.82, 2.24) is 10.3 Å². The number of thioether (sulfide) groups is 1. The van der Waals surface area contributed by atoms with Crippen LogP contribution >= 0.6 is 11.8 Å². The van der Waals surface area contributed by atoms with Crippen molar-refractivity contribution in [2.45, 2.75) is 25.1 Å². The van der Waals surface area contributed by atoms with E-state index in [1.54, 1.807) is 0 Å². The fourth-order valence-corrected chi connectivity index (χ4v) is 2.34. The Bertz CT molecular complexity index is 337. The summed E-state index contributed by atoms with van der Waals surface area (Å²) in [6, 6.07) is 4.04. The minimum Gasteiger partial charge on any atom is -0.361 e. The molecule has 2 heterocycles. The lowest BCUT2D eigenvalue weighted by Gasteiger charge is -2.06. The van der Waals surface area contributed by atoms with Crippen LogP contribution < -0.4 is 5.32 Å². The van der Waals surface area contributed by atoms with E-state index in [-0.39, 0.29) is 0 Å². The van der Waals surface area contributed by atoms with Crippen molar-refractivity contribution in [3.05, 3.63) is 30.1 Å². The van der Waals surface area contributed by atoms with Gasteiger partial charge in [0.15, 0.2) is 5.17 Å². The number of pyridine rings is 1. The van der Waals surface area contributed by atoms with Crippen LogP contribution in [-0.4, -0.2) is 21.9 Å². The lowest BCUT2D eigenvalue weighted by Crippen LogP contribution is -2.18. The number of rotatable bonds is 3. The molecule has 0 saturated carbocycles. The van der Waals surface area contributed by atoms with E-state index in [9.17, 15) is 0 Å². The molecule has 0 fully saturated rings. The average Bonchev–Trinajstić information content (AvgIpc) is 2.76.